The standard InChI is InChI=1S/C25H25NO4S/c1-4-17-10-12-18(13-11-17)20-16-31-24(23(20)25(28)29-3)26-22(27)15-14-19-8-6-7-9-21(19)30-5-2/h6-16H,4-5H2,1-3H3,(H,26,27)/b15-14+. The number of benzene rings is 2. The summed E-state index contributed by atoms with van der Waals surface area (Å²) in [4.78, 5) is 25.1. The highest BCUT2D eigenvalue weighted by atomic mass is 32.1. The van der Waals surface area contributed by atoms with Gasteiger partial charge in [0.05, 0.1) is 13.7 Å². The van der Waals surface area contributed by atoms with Crippen molar-refractivity contribution in [3.8, 4) is 16.9 Å². The summed E-state index contributed by atoms with van der Waals surface area (Å²) in [6.45, 7) is 4.54. The highest BCUT2D eigenvalue weighted by Crippen LogP contribution is 2.36. The predicted molar refractivity (Wildman–Crippen MR) is 126 cm³/mol. The van der Waals surface area contributed by atoms with Crippen LogP contribution in [0.25, 0.3) is 17.2 Å². The quantitative estimate of drug-likeness (QED) is 0.358. The van der Waals surface area contributed by atoms with E-state index < -0.39 is 5.97 Å². The van der Waals surface area contributed by atoms with Gasteiger partial charge in [-0.3, -0.25) is 4.79 Å². The highest BCUT2D eigenvalue weighted by Gasteiger charge is 2.22. The van der Waals surface area contributed by atoms with E-state index in [9.17, 15) is 9.59 Å². The van der Waals surface area contributed by atoms with Gasteiger partial charge in [0.1, 0.15) is 16.3 Å². The number of carbonyl (C=O) groups is 2. The Kier molecular flexibility index (Phi) is 7.62. The highest BCUT2D eigenvalue weighted by molar-refractivity contribution is 7.15. The summed E-state index contributed by atoms with van der Waals surface area (Å²) in [5.74, 6) is -0.124. The van der Waals surface area contributed by atoms with Gasteiger partial charge in [-0.1, -0.05) is 49.4 Å². The van der Waals surface area contributed by atoms with E-state index in [2.05, 4.69) is 12.2 Å². The lowest BCUT2D eigenvalue weighted by Gasteiger charge is -2.08. The lowest BCUT2D eigenvalue weighted by molar-refractivity contribution is -0.111. The molecule has 0 saturated heterocycles. The fourth-order valence-electron chi connectivity index (χ4n) is 3.11. The Labute approximate surface area is 186 Å². The number of esters is 1. The van der Waals surface area contributed by atoms with Crippen LogP contribution in [0.4, 0.5) is 5.00 Å². The molecule has 5 nitrogen and oxygen atoms in total. The van der Waals surface area contributed by atoms with Crippen molar-refractivity contribution in [2.45, 2.75) is 20.3 Å². The summed E-state index contributed by atoms with van der Waals surface area (Å²) in [7, 11) is 1.33. The van der Waals surface area contributed by atoms with Crippen LogP contribution in [0.5, 0.6) is 5.75 Å². The topological polar surface area (TPSA) is 64.6 Å². The molecule has 0 aliphatic rings. The molecular weight excluding hydrogens is 410 g/mol. The predicted octanol–water partition coefficient (Wildman–Crippen LogP) is 5.81. The first-order chi connectivity index (χ1) is 15.1. The minimum absolute atomic E-state index is 0.341. The van der Waals surface area contributed by atoms with Crippen LogP contribution < -0.4 is 10.1 Å². The molecule has 160 valence electrons. The first-order valence-corrected chi connectivity index (χ1v) is 10.9. The number of thiophene rings is 1. The van der Waals surface area contributed by atoms with E-state index in [0.717, 1.165) is 23.1 Å². The van der Waals surface area contributed by atoms with Crippen LogP contribution in [-0.4, -0.2) is 25.6 Å². The summed E-state index contributed by atoms with van der Waals surface area (Å²) in [6, 6.07) is 15.5. The molecule has 1 heterocycles. The third kappa shape index (κ3) is 5.41. The summed E-state index contributed by atoms with van der Waals surface area (Å²) >= 11 is 1.29. The third-order valence-electron chi connectivity index (χ3n) is 4.72. The van der Waals surface area contributed by atoms with Crippen LogP contribution >= 0.6 is 11.3 Å². The molecule has 2 aromatic carbocycles. The van der Waals surface area contributed by atoms with Crippen LogP contribution in [0.3, 0.4) is 0 Å². The third-order valence-corrected chi connectivity index (χ3v) is 5.62. The van der Waals surface area contributed by atoms with E-state index in [4.69, 9.17) is 9.47 Å². The first-order valence-electron chi connectivity index (χ1n) is 10.1. The van der Waals surface area contributed by atoms with E-state index in [1.54, 1.807) is 6.08 Å². The molecule has 6 heteroatoms. The van der Waals surface area contributed by atoms with Crippen molar-refractivity contribution in [1.82, 2.24) is 0 Å². The number of amides is 1. The normalized spacial score (nSPS) is 10.8. The Hall–Kier alpha value is -3.38. The van der Waals surface area contributed by atoms with Crippen LogP contribution in [0.15, 0.2) is 60.0 Å². The molecule has 1 amide bonds. The molecule has 0 aliphatic carbocycles. The van der Waals surface area contributed by atoms with Crippen molar-refractivity contribution in [2.75, 3.05) is 19.0 Å². The number of ether oxygens (including phenoxy) is 2. The van der Waals surface area contributed by atoms with Crippen LogP contribution in [0.2, 0.25) is 0 Å². The summed E-state index contributed by atoms with van der Waals surface area (Å²) in [5.41, 5.74) is 4.00. The lowest BCUT2D eigenvalue weighted by atomic mass is 10.0. The Morgan fingerprint density at radius 2 is 1.81 bits per heavy atom. The second-order valence-electron chi connectivity index (χ2n) is 6.69. The van der Waals surface area contributed by atoms with Crippen molar-refractivity contribution in [1.29, 1.82) is 0 Å². The van der Waals surface area contributed by atoms with Crippen LogP contribution in [0, 0.1) is 0 Å². The van der Waals surface area contributed by atoms with Gasteiger partial charge in [-0.05, 0) is 36.6 Å². The van der Waals surface area contributed by atoms with Gasteiger partial charge in [0.25, 0.3) is 0 Å². The van der Waals surface area contributed by atoms with E-state index in [1.165, 1.54) is 30.1 Å². The lowest BCUT2D eigenvalue weighted by Crippen LogP contribution is -2.11. The fraction of sp³-hybridized carbons (Fsp3) is 0.200. The van der Waals surface area contributed by atoms with Gasteiger partial charge in [-0.2, -0.15) is 0 Å². The van der Waals surface area contributed by atoms with Crippen molar-refractivity contribution in [3.63, 3.8) is 0 Å². The average molecular weight is 436 g/mol. The summed E-state index contributed by atoms with van der Waals surface area (Å²) < 4.78 is 10.6. The van der Waals surface area contributed by atoms with Crippen LogP contribution in [0.1, 0.15) is 35.3 Å². The van der Waals surface area contributed by atoms with Crippen molar-refractivity contribution >= 4 is 34.3 Å². The second kappa shape index (κ2) is 10.6. The number of nitrogens with one attached hydrogen (secondary N) is 1. The Bertz CT molecular complexity index is 1080. The van der Waals surface area contributed by atoms with Crippen molar-refractivity contribution < 1.29 is 19.1 Å². The Morgan fingerprint density at radius 1 is 1.06 bits per heavy atom. The molecule has 0 radical (unpaired) electrons. The smallest absolute Gasteiger partial charge is 0.341 e. The zero-order chi connectivity index (χ0) is 22.2. The largest absolute Gasteiger partial charge is 0.493 e. The number of methoxy groups -OCH3 is 1. The van der Waals surface area contributed by atoms with E-state index in [0.29, 0.717) is 22.9 Å². The number of anilines is 1. The van der Waals surface area contributed by atoms with Crippen molar-refractivity contribution in [3.05, 3.63) is 76.7 Å². The summed E-state index contributed by atoms with van der Waals surface area (Å²) in [6.07, 6.45) is 4.05. The SMILES string of the molecule is CCOc1ccccc1/C=C/C(=O)Nc1scc(-c2ccc(CC)cc2)c1C(=O)OC. The molecule has 0 fully saturated rings. The molecule has 0 aliphatic heterocycles. The van der Waals surface area contributed by atoms with Gasteiger partial charge < -0.3 is 14.8 Å². The van der Waals surface area contributed by atoms with Crippen LogP contribution in [-0.2, 0) is 16.0 Å². The number of hydrogen-bond acceptors (Lipinski definition) is 5. The van der Waals surface area contributed by atoms with Gasteiger partial charge in [0.15, 0.2) is 0 Å². The van der Waals surface area contributed by atoms with Gasteiger partial charge in [-0.25, -0.2) is 4.79 Å². The molecule has 0 saturated carbocycles. The minimum Gasteiger partial charge on any atom is -0.493 e. The molecule has 1 N–H and O–H groups in total. The minimum atomic E-state index is -0.489. The maximum Gasteiger partial charge on any atom is 0.341 e. The first kappa shape index (κ1) is 22.3. The van der Waals surface area contributed by atoms with E-state index in [1.807, 2.05) is 60.8 Å². The Morgan fingerprint density at radius 3 is 2.48 bits per heavy atom. The molecule has 0 atom stereocenters. The number of hydrogen-bond donors (Lipinski definition) is 1. The monoisotopic (exact) mass is 435 g/mol. The molecule has 31 heavy (non-hydrogen) atoms. The van der Waals surface area contributed by atoms with Gasteiger partial charge in [0.2, 0.25) is 5.91 Å². The maximum absolute atomic E-state index is 12.6. The molecule has 0 unspecified atom stereocenters. The van der Waals surface area contributed by atoms with E-state index >= 15 is 0 Å². The number of aryl methyl sites for hydroxylation is 1. The van der Waals surface area contributed by atoms with Gasteiger partial charge in [-0.15, -0.1) is 11.3 Å². The molecule has 3 rings (SSSR count). The molecule has 3 aromatic rings. The Balaban J connectivity index is 1.85. The summed E-state index contributed by atoms with van der Waals surface area (Å²) in [5, 5.41) is 5.12. The van der Waals surface area contributed by atoms with E-state index in [-0.39, 0.29) is 5.91 Å². The van der Waals surface area contributed by atoms with Gasteiger partial charge in [0, 0.05) is 22.6 Å². The second-order valence-corrected chi connectivity index (χ2v) is 7.57. The number of para-hydroxylation sites is 1. The number of rotatable bonds is 8. The number of carbonyl (C=O) groups excluding carboxylic acids is 2. The average Bonchev–Trinajstić information content (AvgIpc) is 3.21. The molecule has 0 bridgehead atoms. The molecule has 0 spiro atoms. The fourth-order valence-corrected chi connectivity index (χ4v) is 4.07. The maximum atomic E-state index is 12.6. The zero-order valence-corrected chi connectivity index (χ0v) is 18.6. The molecule has 1 aromatic heterocycles. The molecular formula is C25H25NO4S. The zero-order valence-electron chi connectivity index (χ0n) is 17.8. The van der Waals surface area contributed by atoms with Gasteiger partial charge >= 0.3 is 5.97 Å². The van der Waals surface area contributed by atoms with Crippen molar-refractivity contribution in [2.24, 2.45) is 0 Å².